The molecule has 0 bridgehead atoms. The van der Waals surface area contributed by atoms with E-state index in [2.05, 4.69) is 57.4 Å². The van der Waals surface area contributed by atoms with Crippen LogP contribution in [0, 0.1) is 0 Å². The van der Waals surface area contributed by atoms with Crippen molar-refractivity contribution in [1.82, 2.24) is 0 Å². The molecule has 0 aliphatic rings. The van der Waals surface area contributed by atoms with E-state index in [1.807, 2.05) is 0 Å². The van der Waals surface area contributed by atoms with Crippen molar-refractivity contribution in [3.8, 4) is 5.75 Å². The van der Waals surface area contributed by atoms with Gasteiger partial charge in [0.05, 0.1) is 7.05 Å². The number of quaternary nitrogens is 1. The summed E-state index contributed by atoms with van der Waals surface area (Å²) < 4.78 is 5.62. The van der Waals surface area contributed by atoms with Gasteiger partial charge in [-0.1, -0.05) is 32.9 Å². The molecule has 0 fully saturated rings. The maximum Gasteiger partial charge on any atom is 0.137 e. The summed E-state index contributed by atoms with van der Waals surface area (Å²) in [7, 11) is 2.05. The second-order valence-corrected chi connectivity index (χ2v) is 4.81. The van der Waals surface area contributed by atoms with E-state index < -0.39 is 0 Å². The predicted octanol–water partition coefficient (Wildman–Crippen LogP) is 1.95. The SMILES string of the molecule is CCC(C)(C)c1ccc(OCC[NH2+]C)cc1. The summed E-state index contributed by atoms with van der Waals surface area (Å²) in [4.78, 5) is 0. The number of hydrogen-bond donors (Lipinski definition) is 1. The molecule has 0 saturated carbocycles. The lowest BCUT2D eigenvalue weighted by atomic mass is 9.82. The van der Waals surface area contributed by atoms with Crippen LogP contribution in [0.1, 0.15) is 32.8 Å². The van der Waals surface area contributed by atoms with Crippen molar-refractivity contribution in [2.24, 2.45) is 0 Å². The molecular weight excluding hydrogens is 198 g/mol. The summed E-state index contributed by atoms with van der Waals surface area (Å²) in [5.74, 6) is 0.970. The molecule has 1 rings (SSSR count). The van der Waals surface area contributed by atoms with Gasteiger partial charge in [-0.3, -0.25) is 0 Å². The van der Waals surface area contributed by atoms with Gasteiger partial charge in [0.2, 0.25) is 0 Å². The van der Waals surface area contributed by atoms with Crippen LogP contribution in [0.2, 0.25) is 0 Å². The fourth-order valence-electron chi connectivity index (χ4n) is 1.50. The van der Waals surface area contributed by atoms with E-state index in [0.29, 0.717) is 0 Å². The van der Waals surface area contributed by atoms with E-state index in [-0.39, 0.29) is 5.41 Å². The molecule has 2 nitrogen and oxygen atoms in total. The van der Waals surface area contributed by atoms with Gasteiger partial charge >= 0.3 is 0 Å². The molecule has 0 aliphatic heterocycles. The zero-order valence-corrected chi connectivity index (χ0v) is 10.9. The number of hydrogen-bond acceptors (Lipinski definition) is 1. The van der Waals surface area contributed by atoms with Crippen LogP contribution in [0.4, 0.5) is 0 Å². The maximum absolute atomic E-state index is 5.62. The van der Waals surface area contributed by atoms with Crippen LogP contribution in [-0.4, -0.2) is 20.2 Å². The second kappa shape index (κ2) is 5.90. The van der Waals surface area contributed by atoms with Crippen LogP contribution in [0.3, 0.4) is 0 Å². The Hall–Kier alpha value is -1.02. The Balaban J connectivity index is 2.61. The van der Waals surface area contributed by atoms with E-state index >= 15 is 0 Å². The minimum absolute atomic E-state index is 0.260. The molecule has 0 aromatic heterocycles. The second-order valence-electron chi connectivity index (χ2n) is 4.81. The third-order valence-corrected chi connectivity index (χ3v) is 3.19. The normalized spacial score (nSPS) is 11.5. The van der Waals surface area contributed by atoms with Crippen molar-refractivity contribution in [2.45, 2.75) is 32.6 Å². The van der Waals surface area contributed by atoms with Crippen LogP contribution in [0.25, 0.3) is 0 Å². The average Bonchev–Trinajstić information content (AvgIpc) is 2.30. The Kier molecular flexibility index (Phi) is 4.81. The Morgan fingerprint density at radius 1 is 1.19 bits per heavy atom. The van der Waals surface area contributed by atoms with Gasteiger partial charge in [-0.15, -0.1) is 0 Å². The maximum atomic E-state index is 5.62. The van der Waals surface area contributed by atoms with E-state index in [9.17, 15) is 0 Å². The molecule has 16 heavy (non-hydrogen) atoms. The quantitative estimate of drug-likeness (QED) is 0.731. The molecule has 0 spiro atoms. The third kappa shape index (κ3) is 3.53. The van der Waals surface area contributed by atoms with Crippen molar-refractivity contribution < 1.29 is 10.1 Å². The molecular formula is C14H24NO+. The molecule has 90 valence electrons. The Morgan fingerprint density at radius 3 is 2.31 bits per heavy atom. The smallest absolute Gasteiger partial charge is 0.137 e. The molecule has 0 heterocycles. The minimum atomic E-state index is 0.260. The van der Waals surface area contributed by atoms with Crippen LogP contribution in [0.15, 0.2) is 24.3 Å². The lowest BCUT2D eigenvalue weighted by Crippen LogP contribution is -2.80. The van der Waals surface area contributed by atoms with Gasteiger partial charge in [-0.05, 0) is 29.5 Å². The molecule has 0 unspecified atom stereocenters. The monoisotopic (exact) mass is 222 g/mol. The molecule has 0 saturated heterocycles. The first-order valence-electron chi connectivity index (χ1n) is 6.11. The van der Waals surface area contributed by atoms with Crippen molar-refractivity contribution in [3.63, 3.8) is 0 Å². The summed E-state index contributed by atoms with van der Waals surface area (Å²) in [6.45, 7) is 8.54. The Morgan fingerprint density at radius 2 is 1.81 bits per heavy atom. The van der Waals surface area contributed by atoms with Gasteiger partial charge in [-0.25, -0.2) is 0 Å². The van der Waals surface area contributed by atoms with Crippen molar-refractivity contribution in [2.75, 3.05) is 20.2 Å². The van der Waals surface area contributed by atoms with Crippen LogP contribution < -0.4 is 10.1 Å². The lowest BCUT2D eigenvalue weighted by molar-refractivity contribution is -0.627. The first-order chi connectivity index (χ1) is 7.60. The summed E-state index contributed by atoms with van der Waals surface area (Å²) in [6, 6.07) is 8.49. The van der Waals surface area contributed by atoms with Crippen LogP contribution >= 0.6 is 0 Å². The molecule has 0 atom stereocenters. The number of ether oxygens (including phenoxy) is 1. The fourth-order valence-corrected chi connectivity index (χ4v) is 1.50. The van der Waals surface area contributed by atoms with E-state index in [1.165, 1.54) is 5.56 Å². The highest BCUT2D eigenvalue weighted by atomic mass is 16.5. The van der Waals surface area contributed by atoms with Gasteiger partial charge < -0.3 is 10.1 Å². The topological polar surface area (TPSA) is 25.8 Å². The van der Waals surface area contributed by atoms with E-state index in [1.54, 1.807) is 0 Å². The number of benzene rings is 1. The highest BCUT2D eigenvalue weighted by molar-refractivity contribution is 5.31. The third-order valence-electron chi connectivity index (χ3n) is 3.19. The van der Waals surface area contributed by atoms with Gasteiger partial charge in [0.25, 0.3) is 0 Å². The summed E-state index contributed by atoms with van der Waals surface area (Å²) >= 11 is 0. The highest BCUT2D eigenvalue weighted by Gasteiger charge is 2.17. The van der Waals surface area contributed by atoms with Crippen molar-refractivity contribution in [1.29, 1.82) is 0 Å². The molecule has 0 amide bonds. The molecule has 1 aromatic carbocycles. The number of nitrogens with two attached hydrogens (primary N) is 1. The zero-order valence-electron chi connectivity index (χ0n) is 10.9. The number of rotatable bonds is 6. The predicted molar refractivity (Wildman–Crippen MR) is 68.0 cm³/mol. The fraction of sp³-hybridized carbons (Fsp3) is 0.571. The highest BCUT2D eigenvalue weighted by Crippen LogP contribution is 2.27. The van der Waals surface area contributed by atoms with Gasteiger partial charge in [0.15, 0.2) is 0 Å². The largest absolute Gasteiger partial charge is 0.488 e. The summed E-state index contributed by atoms with van der Waals surface area (Å²) in [6.07, 6.45) is 1.15. The zero-order chi connectivity index (χ0) is 12.0. The van der Waals surface area contributed by atoms with Gasteiger partial charge in [-0.2, -0.15) is 0 Å². The van der Waals surface area contributed by atoms with Crippen LogP contribution in [0.5, 0.6) is 5.75 Å². The van der Waals surface area contributed by atoms with Crippen molar-refractivity contribution in [3.05, 3.63) is 29.8 Å². The molecule has 2 N–H and O–H groups in total. The molecule has 0 radical (unpaired) electrons. The molecule has 0 aliphatic carbocycles. The molecule has 1 aromatic rings. The Labute approximate surface area is 99.0 Å². The first-order valence-corrected chi connectivity index (χ1v) is 6.11. The summed E-state index contributed by atoms with van der Waals surface area (Å²) in [5.41, 5.74) is 1.64. The van der Waals surface area contributed by atoms with Gasteiger partial charge in [0, 0.05) is 0 Å². The van der Waals surface area contributed by atoms with E-state index in [4.69, 9.17) is 4.74 Å². The summed E-state index contributed by atoms with van der Waals surface area (Å²) in [5, 5.41) is 2.12. The van der Waals surface area contributed by atoms with Gasteiger partial charge in [0.1, 0.15) is 18.9 Å². The minimum Gasteiger partial charge on any atom is -0.488 e. The van der Waals surface area contributed by atoms with E-state index in [0.717, 1.165) is 25.3 Å². The first kappa shape index (κ1) is 13.0. The Bertz CT molecular complexity index is 303. The van der Waals surface area contributed by atoms with Crippen molar-refractivity contribution >= 4 is 0 Å². The lowest BCUT2D eigenvalue weighted by Gasteiger charge is -2.23. The molecule has 2 heteroatoms. The average molecular weight is 222 g/mol. The number of likely N-dealkylation sites (N-methyl/N-ethyl adjacent to an activating group) is 1. The standard InChI is InChI=1S/C14H23NO/c1-5-14(2,3)12-6-8-13(9-7-12)16-11-10-15-4/h6-9,15H,5,10-11H2,1-4H3/p+1. The van der Waals surface area contributed by atoms with Crippen LogP contribution in [-0.2, 0) is 5.41 Å².